The van der Waals surface area contributed by atoms with Crippen LogP contribution >= 0.6 is 23.2 Å². The molecule has 4 heteroatoms. The highest BCUT2D eigenvalue weighted by Gasteiger charge is 2.12. The van der Waals surface area contributed by atoms with E-state index in [2.05, 4.69) is 13.0 Å². The Hall–Kier alpha value is -1.77. The number of aromatic nitrogens is 1. The van der Waals surface area contributed by atoms with Crippen LogP contribution in [-0.4, -0.2) is 10.4 Å². The summed E-state index contributed by atoms with van der Waals surface area (Å²) in [6.07, 6.45) is 1.92. The molecule has 0 unspecified atom stereocenters. The summed E-state index contributed by atoms with van der Waals surface area (Å²) in [7, 11) is 0. The lowest BCUT2D eigenvalue weighted by molar-refractivity contribution is 0.0974. The lowest BCUT2D eigenvalue weighted by atomic mass is 10.1. The summed E-state index contributed by atoms with van der Waals surface area (Å²) in [6.45, 7) is 2.31. The number of carbonyl (C=O) groups is 1. The van der Waals surface area contributed by atoms with Crippen LogP contribution in [0, 0.1) is 6.92 Å². The maximum Gasteiger partial charge on any atom is 0.183 e. The first-order valence-corrected chi connectivity index (χ1v) is 7.34. The molecule has 0 atom stereocenters. The maximum absolute atomic E-state index is 12.4. The molecular weight excluding hydrogens is 305 g/mol. The molecule has 3 rings (SSSR count). The van der Waals surface area contributed by atoms with Crippen molar-refractivity contribution in [1.82, 2.24) is 4.57 Å². The van der Waals surface area contributed by atoms with Crippen LogP contribution in [-0.2, 0) is 6.54 Å². The molecule has 106 valence electrons. The second-order valence-electron chi connectivity index (χ2n) is 5.05. The molecule has 0 amide bonds. The van der Waals surface area contributed by atoms with Crippen molar-refractivity contribution in [2.75, 3.05) is 0 Å². The Morgan fingerprint density at radius 2 is 1.90 bits per heavy atom. The molecule has 21 heavy (non-hydrogen) atoms. The van der Waals surface area contributed by atoms with E-state index in [0.717, 1.165) is 10.9 Å². The molecular formula is C17H13Cl2NO. The maximum atomic E-state index is 12.4. The van der Waals surface area contributed by atoms with Gasteiger partial charge in [0, 0.05) is 22.3 Å². The van der Waals surface area contributed by atoms with Crippen LogP contribution in [0.5, 0.6) is 0 Å². The zero-order chi connectivity index (χ0) is 15.0. The summed E-state index contributed by atoms with van der Waals surface area (Å²) in [5.41, 5.74) is 2.74. The van der Waals surface area contributed by atoms with Crippen molar-refractivity contribution in [3.05, 3.63) is 69.8 Å². The van der Waals surface area contributed by atoms with Gasteiger partial charge in [0.25, 0.3) is 0 Å². The van der Waals surface area contributed by atoms with Gasteiger partial charge in [0.2, 0.25) is 0 Å². The zero-order valence-electron chi connectivity index (χ0n) is 11.4. The highest BCUT2D eigenvalue weighted by molar-refractivity contribution is 6.36. The van der Waals surface area contributed by atoms with Gasteiger partial charge in [0.15, 0.2) is 5.78 Å². The average molecular weight is 318 g/mol. The Labute approximate surface area is 132 Å². The topological polar surface area (TPSA) is 22.0 Å². The van der Waals surface area contributed by atoms with E-state index in [4.69, 9.17) is 23.2 Å². The molecule has 0 N–H and O–H groups in total. The van der Waals surface area contributed by atoms with Crippen LogP contribution in [0.3, 0.4) is 0 Å². The molecule has 0 aliphatic carbocycles. The van der Waals surface area contributed by atoms with Gasteiger partial charge in [0.1, 0.15) is 0 Å². The van der Waals surface area contributed by atoms with Gasteiger partial charge in [-0.05, 0) is 48.7 Å². The number of Topliss-reactive ketones (excluding diaryl/α,β-unsaturated/α-hetero) is 1. The Bertz CT molecular complexity index is 836. The molecule has 1 aromatic heterocycles. The van der Waals surface area contributed by atoms with Crippen LogP contribution < -0.4 is 0 Å². The Kier molecular flexibility index (Phi) is 3.75. The second-order valence-corrected chi connectivity index (χ2v) is 5.90. The number of rotatable bonds is 3. The molecule has 0 radical (unpaired) electrons. The van der Waals surface area contributed by atoms with E-state index in [9.17, 15) is 4.79 Å². The summed E-state index contributed by atoms with van der Waals surface area (Å²) < 4.78 is 1.93. The van der Waals surface area contributed by atoms with Gasteiger partial charge in [-0.3, -0.25) is 4.79 Å². The predicted octanol–water partition coefficient (Wildman–Crippen LogP) is 5.14. The molecule has 2 nitrogen and oxygen atoms in total. The number of nitrogens with zero attached hydrogens (tertiary/aromatic N) is 1. The molecule has 0 aliphatic rings. The van der Waals surface area contributed by atoms with Crippen molar-refractivity contribution in [3.8, 4) is 0 Å². The zero-order valence-corrected chi connectivity index (χ0v) is 12.9. The van der Waals surface area contributed by atoms with E-state index in [0.29, 0.717) is 15.6 Å². The average Bonchev–Trinajstić information content (AvgIpc) is 2.80. The lowest BCUT2D eigenvalue weighted by Gasteiger charge is -2.07. The normalized spacial score (nSPS) is 11.0. The van der Waals surface area contributed by atoms with Crippen molar-refractivity contribution in [3.63, 3.8) is 0 Å². The van der Waals surface area contributed by atoms with E-state index in [1.807, 2.05) is 29.0 Å². The van der Waals surface area contributed by atoms with Crippen LogP contribution in [0.2, 0.25) is 10.0 Å². The van der Waals surface area contributed by atoms with E-state index in [-0.39, 0.29) is 12.3 Å². The van der Waals surface area contributed by atoms with Gasteiger partial charge in [0.05, 0.1) is 11.6 Å². The summed E-state index contributed by atoms with van der Waals surface area (Å²) in [4.78, 5) is 12.4. The molecule has 0 saturated heterocycles. The van der Waals surface area contributed by atoms with Crippen LogP contribution in [0.1, 0.15) is 15.9 Å². The number of halogens is 2. The first-order chi connectivity index (χ1) is 10.0. The fourth-order valence-electron chi connectivity index (χ4n) is 2.41. The van der Waals surface area contributed by atoms with Crippen LogP contribution in [0.15, 0.2) is 48.7 Å². The minimum Gasteiger partial charge on any atom is -0.340 e. The van der Waals surface area contributed by atoms with Crippen molar-refractivity contribution in [2.45, 2.75) is 13.5 Å². The summed E-state index contributed by atoms with van der Waals surface area (Å²) >= 11 is 11.9. The van der Waals surface area contributed by atoms with E-state index < -0.39 is 0 Å². The van der Waals surface area contributed by atoms with Gasteiger partial charge >= 0.3 is 0 Å². The molecule has 2 aromatic carbocycles. The van der Waals surface area contributed by atoms with Crippen LogP contribution in [0.4, 0.5) is 0 Å². The Morgan fingerprint density at radius 1 is 1.10 bits per heavy atom. The molecule has 0 aliphatic heterocycles. The molecule has 0 fully saturated rings. The molecule has 0 bridgehead atoms. The summed E-state index contributed by atoms with van der Waals surface area (Å²) in [6, 6.07) is 13.1. The summed E-state index contributed by atoms with van der Waals surface area (Å²) in [5.74, 6) is -0.0326. The van der Waals surface area contributed by atoms with Crippen LogP contribution in [0.25, 0.3) is 10.9 Å². The van der Waals surface area contributed by atoms with Gasteiger partial charge in [-0.25, -0.2) is 0 Å². The number of hydrogen-bond acceptors (Lipinski definition) is 1. The number of fused-ring (bicyclic) bond motifs is 1. The quantitative estimate of drug-likeness (QED) is 0.613. The van der Waals surface area contributed by atoms with E-state index >= 15 is 0 Å². The predicted molar refractivity (Wildman–Crippen MR) is 87.5 cm³/mol. The van der Waals surface area contributed by atoms with Crippen molar-refractivity contribution < 1.29 is 4.79 Å². The third kappa shape index (κ3) is 2.82. The van der Waals surface area contributed by atoms with E-state index in [1.165, 1.54) is 5.56 Å². The third-order valence-corrected chi connectivity index (χ3v) is 4.02. The van der Waals surface area contributed by atoms with Gasteiger partial charge in [-0.1, -0.05) is 34.8 Å². The number of carbonyl (C=O) groups excluding carboxylic acids is 1. The van der Waals surface area contributed by atoms with E-state index in [1.54, 1.807) is 18.2 Å². The monoisotopic (exact) mass is 317 g/mol. The molecule has 3 aromatic rings. The molecule has 0 spiro atoms. The number of aryl methyl sites for hydroxylation is 1. The fourth-order valence-corrected chi connectivity index (χ4v) is 2.93. The standard InChI is InChI=1S/C17H13Cl2NO/c1-11-2-5-16-12(8-11)6-7-20(16)10-17(21)14-4-3-13(18)9-15(14)19/h2-9H,10H2,1H3. The van der Waals surface area contributed by atoms with Gasteiger partial charge < -0.3 is 4.57 Å². The Morgan fingerprint density at radius 3 is 2.67 bits per heavy atom. The largest absolute Gasteiger partial charge is 0.340 e. The molecule has 0 saturated carbocycles. The SMILES string of the molecule is Cc1ccc2c(ccn2CC(=O)c2ccc(Cl)cc2Cl)c1. The first kappa shape index (κ1) is 14.2. The second kappa shape index (κ2) is 5.55. The smallest absolute Gasteiger partial charge is 0.183 e. The van der Waals surface area contributed by atoms with Crippen molar-refractivity contribution >= 4 is 39.9 Å². The van der Waals surface area contributed by atoms with Gasteiger partial charge in [-0.2, -0.15) is 0 Å². The minimum atomic E-state index is -0.0326. The number of benzene rings is 2. The van der Waals surface area contributed by atoms with Crippen molar-refractivity contribution in [2.24, 2.45) is 0 Å². The number of ketones is 1. The molecule has 1 heterocycles. The summed E-state index contributed by atoms with van der Waals surface area (Å²) in [5, 5.41) is 2.04. The Balaban J connectivity index is 1.93. The third-order valence-electron chi connectivity index (χ3n) is 3.47. The van der Waals surface area contributed by atoms with Gasteiger partial charge in [-0.15, -0.1) is 0 Å². The van der Waals surface area contributed by atoms with Crippen molar-refractivity contribution in [1.29, 1.82) is 0 Å². The highest BCUT2D eigenvalue weighted by atomic mass is 35.5. The fraction of sp³-hybridized carbons (Fsp3) is 0.118. The highest BCUT2D eigenvalue weighted by Crippen LogP contribution is 2.23. The number of hydrogen-bond donors (Lipinski definition) is 0. The lowest BCUT2D eigenvalue weighted by Crippen LogP contribution is -2.10. The minimum absolute atomic E-state index is 0.0326. The first-order valence-electron chi connectivity index (χ1n) is 6.58.